The molecule has 3 aromatic rings. The van der Waals surface area contributed by atoms with Gasteiger partial charge < -0.3 is 10.2 Å². The molecule has 0 radical (unpaired) electrons. The Kier molecular flexibility index (Phi) is 10.4. The van der Waals surface area contributed by atoms with E-state index < -0.39 is 34.3 Å². The fourth-order valence-electron chi connectivity index (χ4n) is 3.98. The number of anilines is 1. The third-order valence-corrected chi connectivity index (χ3v) is 8.41. The highest BCUT2D eigenvalue weighted by Gasteiger charge is 2.34. The number of amides is 2. The summed E-state index contributed by atoms with van der Waals surface area (Å²) in [7, 11) is -4.23. The Bertz CT molecular complexity index is 1400. The molecule has 1 atom stereocenters. The Hall–Kier alpha value is -3.14. The molecule has 3 aromatic carbocycles. The lowest BCUT2D eigenvalue weighted by molar-refractivity contribution is -0.140. The molecular weight excluding hydrogens is 564 g/mol. The summed E-state index contributed by atoms with van der Waals surface area (Å²) in [4.78, 5) is 28.3. The second-order valence-corrected chi connectivity index (χ2v) is 11.8. The summed E-state index contributed by atoms with van der Waals surface area (Å²) in [6, 6.07) is 16.4. The minimum atomic E-state index is -4.23. The number of halogens is 3. The van der Waals surface area contributed by atoms with Crippen LogP contribution >= 0.6 is 23.2 Å². The number of hydrogen-bond donors (Lipinski definition) is 1. The quantitative estimate of drug-likeness (QED) is 0.311. The number of carbonyl (C=O) groups is 2. The van der Waals surface area contributed by atoms with E-state index in [0.717, 1.165) is 4.31 Å². The predicted molar refractivity (Wildman–Crippen MR) is 152 cm³/mol. The molecule has 0 fully saturated rings. The molecule has 0 saturated carbocycles. The van der Waals surface area contributed by atoms with Gasteiger partial charge in [0.1, 0.15) is 18.4 Å². The molecular formula is C28H30Cl2FN3O4S. The van der Waals surface area contributed by atoms with Gasteiger partial charge in [-0.15, -0.1) is 0 Å². The van der Waals surface area contributed by atoms with Crippen LogP contribution in [0.15, 0.2) is 77.7 Å². The van der Waals surface area contributed by atoms with Gasteiger partial charge in [-0.05, 0) is 68.3 Å². The van der Waals surface area contributed by atoms with Crippen LogP contribution in [0.2, 0.25) is 10.0 Å². The zero-order valence-electron chi connectivity index (χ0n) is 21.8. The fourth-order valence-corrected chi connectivity index (χ4v) is 5.69. The molecule has 0 saturated heterocycles. The maximum absolute atomic E-state index is 13.9. The Morgan fingerprint density at radius 3 is 2.15 bits per heavy atom. The first-order valence-electron chi connectivity index (χ1n) is 12.3. The van der Waals surface area contributed by atoms with Crippen molar-refractivity contribution in [2.45, 2.75) is 50.7 Å². The molecule has 0 aromatic heterocycles. The average Bonchev–Trinajstić information content (AvgIpc) is 2.90. The zero-order chi connectivity index (χ0) is 28.7. The second-order valence-electron chi connectivity index (χ2n) is 9.16. The largest absolute Gasteiger partial charge is 0.352 e. The van der Waals surface area contributed by atoms with Crippen LogP contribution in [0.1, 0.15) is 32.8 Å². The smallest absolute Gasteiger partial charge is 0.264 e. The summed E-state index contributed by atoms with van der Waals surface area (Å²) >= 11 is 12.3. The number of nitrogens with zero attached hydrogens (tertiary/aromatic N) is 2. The van der Waals surface area contributed by atoms with Crippen molar-refractivity contribution in [3.05, 3.63) is 94.2 Å². The molecule has 208 valence electrons. The Morgan fingerprint density at radius 1 is 0.949 bits per heavy atom. The lowest BCUT2D eigenvalue weighted by Crippen LogP contribution is -2.53. The number of benzene rings is 3. The van der Waals surface area contributed by atoms with E-state index in [0.29, 0.717) is 5.56 Å². The second kappa shape index (κ2) is 13.3. The molecule has 0 aliphatic carbocycles. The fraction of sp³-hybridized carbons (Fsp3) is 0.286. The molecule has 39 heavy (non-hydrogen) atoms. The topological polar surface area (TPSA) is 86.8 Å². The van der Waals surface area contributed by atoms with Gasteiger partial charge in [0, 0.05) is 12.6 Å². The van der Waals surface area contributed by atoms with Crippen molar-refractivity contribution in [1.29, 1.82) is 0 Å². The maximum Gasteiger partial charge on any atom is 0.264 e. The number of nitrogens with one attached hydrogen (secondary N) is 1. The van der Waals surface area contributed by atoms with E-state index >= 15 is 0 Å². The first-order chi connectivity index (χ1) is 18.4. The van der Waals surface area contributed by atoms with Crippen LogP contribution in [0, 0.1) is 5.82 Å². The average molecular weight is 595 g/mol. The van der Waals surface area contributed by atoms with Crippen molar-refractivity contribution in [3.8, 4) is 0 Å². The maximum atomic E-state index is 13.9. The minimum absolute atomic E-state index is 0.0291. The lowest BCUT2D eigenvalue weighted by atomic mass is 10.1. The van der Waals surface area contributed by atoms with Gasteiger partial charge in [0.25, 0.3) is 10.0 Å². The summed E-state index contributed by atoms with van der Waals surface area (Å²) < 4.78 is 42.0. The van der Waals surface area contributed by atoms with E-state index in [1.807, 2.05) is 0 Å². The Labute approximate surface area is 238 Å². The van der Waals surface area contributed by atoms with Crippen LogP contribution in [0.5, 0.6) is 0 Å². The normalized spacial score (nSPS) is 12.2. The highest BCUT2D eigenvalue weighted by atomic mass is 35.5. The SMILES string of the molecule is CC[C@H](C(=O)NC(C)C)N(Cc1ccc(F)cc1)C(=O)CN(c1ccc(Cl)c(Cl)c1)S(=O)(=O)c1ccccc1. The van der Waals surface area contributed by atoms with Crippen molar-refractivity contribution in [2.24, 2.45) is 0 Å². The van der Waals surface area contributed by atoms with Crippen LogP contribution in [-0.2, 0) is 26.2 Å². The van der Waals surface area contributed by atoms with Crippen LogP contribution in [-0.4, -0.2) is 43.8 Å². The van der Waals surface area contributed by atoms with E-state index in [1.54, 1.807) is 39.0 Å². The van der Waals surface area contributed by atoms with Crippen molar-refractivity contribution in [1.82, 2.24) is 10.2 Å². The summed E-state index contributed by atoms with van der Waals surface area (Å²) in [6.45, 7) is 4.70. The van der Waals surface area contributed by atoms with Crippen molar-refractivity contribution in [3.63, 3.8) is 0 Å². The van der Waals surface area contributed by atoms with E-state index in [-0.39, 0.29) is 45.5 Å². The number of rotatable bonds is 11. The standard InChI is InChI=1S/C28H30Cl2FN3O4S/c1-4-26(28(36)32-19(2)3)33(17-20-10-12-21(31)13-11-20)27(35)18-34(22-14-15-24(29)25(30)16-22)39(37,38)23-8-6-5-7-9-23/h5-16,19,26H,4,17-18H2,1-3H3,(H,32,36)/t26-/m1/s1. The molecule has 0 aliphatic rings. The molecule has 11 heteroatoms. The van der Waals surface area contributed by atoms with Gasteiger partial charge in [0.05, 0.1) is 20.6 Å². The lowest BCUT2D eigenvalue weighted by Gasteiger charge is -2.33. The van der Waals surface area contributed by atoms with Crippen LogP contribution in [0.3, 0.4) is 0 Å². The molecule has 2 amide bonds. The molecule has 0 heterocycles. The van der Waals surface area contributed by atoms with Gasteiger partial charge in [-0.3, -0.25) is 13.9 Å². The molecule has 0 spiro atoms. The number of hydrogen-bond acceptors (Lipinski definition) is 4. The predicted octanol–water partition coefficient (Wildman–Crippen LogP) is 5.66. The monoisotopic (exact) mass is 593 g/mol. The van der Waals surface area contributed by atoms with Crippen LogP contribution < -0.4 is 9.62 Å². The van der Waals surface area contributed by atoms with Gasteiger partial charge in [-0.1, -0.05) is 60.5 Å². The number of carbonyl (C=O) groups excluding carboxylic acids is 2. The first-order valence-corrected chi connectivity index (χ1v) is 14.5. The molecule has 3 rings (SSSR count). The zero-order valence-corrected chi connectivity index (χ0v) is 24.1. The van der Waals surface area contributed by atoms with Gasteiger partial charge >= 0.3 is 0 Å². The van der Waals surface area contributed by atoms with E-state index in [2.05, 4.69) is 5.32 Å². The first kappa shape index (κ1) is 30.4. The van der Waals surface area contributed by atoms with E-state index in [1.165, 1.54) is 59.5 Å². The minimum Gasteiger partial charge on any atom is -0.352 e. The molecule has 0 bridgehead atoms. The molecule has 7 nitrogen and oxygen atoms in total. The van der Waals surface area contributed by atoms with Crippen molar-refractivity contribution in [2.75, 3.05) is 10.8 Å². The van der Waals surface area contributed by atoms with E-state index in [4.69, 9.17) is 23.2 Å². The highest BCUT2D eigenvalue weighted by molar-refractivity contribution is 7.92. The van der Waals surface area contributed by atoms with Gasteiger partial charge in [0.2, 0.25) is 11.8 Å². The van der Waals surface area contributed by atoms with E-state index in [9.17, 15) is 22.4 Å². The third-order valence-electron chi connectivity index (χ3n) is 5.88. The van der Waals surface area contributed by atoms with Crippen molar-refractivity contribution >= 4 is 50.7 Å². The van der Waals surface area contributed by atoms with Crippen LogP contribution in [0.4, 0.5) is 10.1 Å². The molecule has 1 N–H and O–H groups in total. The van der Waals surface area contributed by atoms with Crippen molar-refractivity contribution < 1.29 is 22.4 Å². The Balaban J connectivity index is 2.07. The summed E-state index contributed by atoms with van der Waals surface area (Å²) in [5.74, 6) is -1.45. The summed E-state index contributed by atoms with van der Waals surface area (Å²) in [5, 5.41) is 3.15. The van der Waals surface area contributed by atoms with Gasteiger partial charge in [-0.2, -0.15) is 0 Å². The van der Waals surface area contributed by atoms with Crippen LogP contribution in [0.25, 0.3) is 0 Å². The molecule has 0 aliphatic heterocycles. The highest BCUT2D eigenvalue weighted by Crippen LogP contribution is 2.31. The summed E-state index contributed by atoms with van der Waals surface area (Å²) in [5.41, 5.74) is 0.704. The summed E-state index contributed by atoms with van der Waals surface area (Å²) in [6.07, 6.45) is 0.268. The number of sulfonamides is 1. The van der Waals surface area contributed by atoms with Gasteiger partial charge in [0.15, 0.2) is 0 Å². The molecule has 0 unspecified atom stereocenters. The van der Waals surface area contributed by atoms with Gasteiger partial charge in [-0.25, -0.2) is 12.8 Å². The third kappa shape index (κ3) is 7.71. The Morgan fingerprint density at radius 2 is 1.59 bits per heavy atom.